The molecule has 1 aliphatic carbocycles. The van der Waals surface area contributed by atoms with E-state index in [1.165, 1.54) is 23.0 Å². The van der Waals surface area contributed by atoms with Gasteiger partial charge in [0, 0.05) is 63.0 Å². The number of rotatable bonds is 8. The van der Waals surface area contributed by atoms with Gasteiger partial charge in [0.15, 0.2) is 0 Å². The number of aromatic nitrogens is 2. The van der Waals surface area contributed by atoms with Gasteiger partial charge in [0.1, 0.15) is 5.82 Å². The number of hydrogen-bond donors (Lipinski definition) is 0. The first-order valence-electron chi connectivity index (χ1n) is 13.9. The highest BCUT2D eigenvalue weighted by atomic mass is 32.1. The van der Waals surface area contributed by atoms with E-state index < -0.39 is 0 Å². The number of nitrogens with zero attached hydrogens (tertiary/aromatic N) is 5. The Labute approximate surface area is 237 Å². The van der Waals surface area contributed by atoms with Gasteiger partial charge in [0.05, 0.1) is 30.1 Å². The molecule has 2 aromatic carbocycles. The number of piperidine rings is 1. The highest BCUT2D eigenvalue weighted by Gasteiger charge is 2.56. The second-order valence-electron chi connectivity index (χ2n) is 11.0. The van der Waals surface area contributed by atoms with Crippen molar-refractivity contribution in [3.8, 4) is 5.69 Å². The maximum absolute atomic E-state index is 15.3. The number of likely N-dealkylation sites (tertiary alicyclic amines) is 1. The topological polar surface area (TPSA) is 53.8 Å². The van der Waals surface area contributed by atoms with Gasteiger partial charge in [0.25, 0.3) is 5.91 Å². The average Bonchev–Trinajstić information content (AvgIpc) is 3.56. The fourth-order valence-corrected chi connectivity index (χ4v) is 7.03. The summed E-state index contributed by atoms with van der Waals surface area (Å²) in [5.74, 6) is 1.24. The van der Waals surface area contributed by atoms with Gasteiger partial charge in [-0.3, -0.25) is 9.69 Å². The minimum atomic E-state index is -0.287. The molecule has 206 valence electrons. The summed E-state index contributed by atoms with van der Waals surface area (Å²) >= 11 is 1.43. The standard InChI is InChI=1S/C31H32FN5O2S/c32-28-16-24(7-8-29(28)35-11-13-39-14-12-35)37(31(38)30-2-1-15-40-30)20-27-25-18-34(19-26(25)27)17-22-3-5-23(6-4-22)36-10-9-33-21-36/h1-10,15-16,21,25-27H,11-14,17-20H2. The van der Waals surface area contributed by atoms with Crippen molar-refractivity contribution in [1.82, 2.24) is 14.5 Å². The molecule has 40 heavy (non-hydrogen) atoms. The quantitative estimate of drug-likeness (QED) is 0.308. The molecule has 2 aliphatic heterocycles. The third-order valence-corrected chi connectivity index (χ3v) is 9.42. The van der Waals surface area contributed by atoms with Crippen molar-refractivity contribution in [1.29, 1.82) is 0 Å². The van der Waals surface area contributed by atoms with Crippen LogP contribution in [0.3, 0.4) is 0 Å². The Morgan fingerprint density at radius 1 is 1.07 bits per heavy atom. The Kier molecular flexibility index (Phi) is 6.87. The van der Waals surface area contributed by atoms with E-state index in [9.17, 15) is 4.79 Å². The molecule has 0 radical (unpaired) electrons. The van der Waals surface area contributed by atoms with Crippen LogP contribution < -0.4 is 9.80 Å². The average molecular weight is 558 g/mol. The Bertz CT molecular complexity index is 1440. The van der Waals surface area contributed by atoms with Crippen LogP contribution in [0.2, 0.25) is 0 Å². The minimum Gasteiger partial charge on any atom is -0.378 e. The highest BCUT2D eigenvalue weighted by Crippen LogP contribution is 2.52. The molecular formula is C31H32FN5O2S. The zero-order valence-corrected chi connectivity index (χ0v) is 23.0. The van der Waals surface area contributed by atoms with Crippen LogP contribution in [0.15, 0.2) is 78.7 Å². The van der Waals surface area contributed by atoms with E-state index in [0.29, 0.717) is 66.9 Å². The zero-order valence-electron chi connectivity index (χ0n) is 22.2. The van der Waals surface area contributed by atoms with Gasteiger partial charge in [0.2, 0.25) is 0 Å². The number of amides is 1. The Balaban J connectivity index is 1.02. The summed E-state index contributed by atoms with van der Waals surface area (Å²) in [5.41, 5.74) is 3.61. The summed E-state index contributed by atoms with van der Waals surface area (Å²) in [5, 5.41) is 1.92. The summed E-state index contributed by atoms with van der Waals surface area (Å²) in [7, 11) is 0. The number of morpholine rings is 1. The lowest BCUT2D eigenvalue weighted by Crippen LogP contribution is -2.37. The predicted molar refractivity (Wildman–Crippen MR) is 155 cm³/mol. The molecular weight excluding hydrogens is 525 g/mol. The third kappa shape index (κ3) is 5.05. The first kappa shape index (κ1) is 25.4. The molecule has 4 heterocycles. The SMILES string of the molecule is O=C(c1cccs1)N(CC1C2CN(Cc3ccc(-n4ccnc4)cc3)CC21)c1ccc(N2CCOCC2)c(F)c1. The first-order valence-corrected chi connectivity index (χ1v) is 14.8. The molecule has 2 saturated heterocycles. The Morgan fingerprint density at radius 3 is 2.55 bits per heavy atom. The molecule has 2 atom stereocenters. The van der Waals surface area contributed by atoms with Crippen LogP contribution in [0.5, 0.6) is 0 Å². The molecule has 2 aromatic heterocycles. The Hall–Kier alpha value is -3.53. The molecule has 3 aliphatic rings. The van der Waals surface area contributed by atoms with E-state index in [1.807, 2.05) is 51.6 Å². The number of halogens is 1. The number of benzene rings is 2. The highest BCUT2D eigenvalue weighted by molar-refractivity contribution is 7.12. The summed E-state index contributed by atoms with van der Waals surface area (Å²) in [6, 6.07) is 17.6. The van der Waals surface area contributed by atoms with E-state index >= 15 is 4.39 Å². The monoisotopic (exact) mass is 557 g/mol. The first-order chi connectivity index (χ1) is 19.6. The summed E-state index contributed by atoms with van der Waals surface area (Å²) < 4.78 is 22.7. The summed E-state index contributed by atoms with van der Waals surface area (Å²) in [6.45, 7) is 6.15. The van der Waals surface area contributed by atoms with E-state index in [-0.39, 0.29) is 11.7 Å². The summed E-state index contributed by atoms with van der Waals surface area (Å²) in [4.78, 5) is 24.7. The molecule has 7 rings (SSSR count). The second kappa shape index (κ2) is 10.8. The molecule has 9 heteroatoms. The van der Waals surface area contributed by atoms with Gasteiger partial charge in [-0.05, 0) is 65.1 Å². The molecule has 7 nitrogen and oxygen atoms in total. The molecule has 1 amide bonds. The van der Waals surface area contributed by atoms with Crippen molar-refractivity contribution in [3.63, 3.8) is 0 Å². The molecule has 4 aromatic rings. The van der Waals surface area contributed by atoms with Crippen LogP contribution in [-0.4, -0.2) is 66.3 Å². The zero-order chi connectivity index (χ0) is 27.1. The van der Waals surface area contributed by atoms with E-state index in [4.69, 9.17) is 4.74 Å². The normalized spacial score (nSPS) is 22.3. The van der Waals surface area contributed by atoms with Gasteiger partial charge in [-0.25, -0.2) is 9.37 Å². The van der Waals surface area contributed by atoms with Crippen LogP contribution >= 0.6 is 11.3 Å². The Morgan fingerprint density at radius 2 is 1.88 bits per heavy atom. The largest absolute Gasteiger partial charge is 0.378 e. The molecule has 1 saturated carbocycles. The number of thiophene rings is 1. The maximum atomic E-state index is 15.3. The lowest BCUT2D eigenvalue weighted by molar-refractivity contribution is 0.0988. The van der Waals surface area contributed by atoms with Gasteiger partial charge in [-0.1, -0.05) is 18.2 Å². The van der Waals surface area contributed by atoms with Crippen LogP contribution in [0.1, 0.15) is 15.2 Å². The van der Waals surface area contributed by atoms with Gasteiger partial charge in [-0.2, -0.15) is 0 Å². The number of carbonyl (C=O) groups excluding carboxylic acids is 1. The van der Waals surface area contributed by atoms with Gasteiger partial charge >= 0.3 is 0 Å². The number of ether oxygens (including phenoxy) is 1. The van der Waals surface area contributed by atoms with Crippen molar-refractivity contribution in [2.45, 2.75) is 6.54 Å². The van der Waals surface area contributed by atoms with Crippen LogP contribution in [0.25, 0.3) is 5.69 Å². The molecule has 2 unspecified atom stereocenters. The number of imidazole rings is 1. The van der Waals surface area contributed by atoms with Crippen LogP contribution in [0, 0.1) is 23.6 Å². The van der Waals surface area contributed by atoms with Gasteiger partial charge in [-0.15, -0.1) is 11.3 Å². The van der Waals surface area contributed by atoms with Crippen LogP contribution in [0.4, 0.5) is 15.8 Å². The van der Waals surface area contributed by atoms with Crippen molar-refractivity contribution >= 4 is 28.6 Å². The second-order valence-corrected chi connectivity index (χ2v) is 11.9. The summed E-state index contributed by atoms with van der Waals surface area (Å²) in [6.07, 6.45) is 5.54. The van der Waals surface area contributed by atoms with Gasteiger partial charge < -0.3 is 19.1 Å². The number of fused-ring (bicyclic) bond motifs is 1. The van der Waals surface area contributed by atoms with Crippen molar-refractivity contribution in [2.24, 2.45) is 17.8 Å². The fourth-order valence-electron chi connectivity index (χ4n) is 6.35. The third-order valence-electron chi connectivity index (χ3n) is 8.56. The van der Waals surface area contributed by atoms with E-state index in [1.54, 1.807) is 11.1 Å². The molecule has 0 bridgehead atoms. The lowest BCUT2D eigenvalue weighted by Gasteiger charge is -2.30. The molecule has 0 spiro atoms. The lowest BCUT2D eigenvalue weighted by atomic mass is 10.1. The number of hydrogen-bond acceptors (Lipinski definition) is 6. The van der Waals surface area contributed by atoms with E-state index in [0.717, 1.165) is 25.3 Å². The predicted octanol–water partition coefficient (Wildman–Crippen LogP) is 4.93. The fraction of sp³-hybridized carbons (Fsp3) is 0.355. The number of anilines is 2. The molecule has 3 fully saturated rings. The van der Waals surface area contributed by atoms with Crippen LogP contribution in [-0.2, 0) is 11.3 Å². The van der Waals surface area contributed by atoms with Crippen molar-refractivity contribution in [2.75, 3.05) is 55.7 Å². The smallest absolute Gasteiger partial charge is 0.268 e. The number of carbonyl (C=O) groups is 1. The van der Waals surface area contributed by atoms with Crippen molar-refractivity contribution < 1.29 is 13.9 Å². The van der Waals surface area contributed by atoms with E-state index in [2.05, 4.69) is 34.1 Å². The van der Waals surface area contributed by atoms with Crippen molar-refractivity contribution in [3.05, 3.63) is 95.0 Å². The minimum absolute atomic E-state index is 0.0478. The maximum Gasteiger partial charge on any atom is 0.268 e. The molecule has 0 N–H and O–H groups in total.